The highest BCUT2D eigenvalue weighted by Gasteiger charge is 2.12. The Balaban J connectivity index is 3.56. The van der Waals surface area contributed by atoms with E-state index in [-0.39, 0.29) is 0 Å². The van der Waals surface area contributed by atoms with Crippen molar-refractivity contribution in [3.05, 3.63) is 0 Å². The Hall–Kier alpha value is -0.330. The van der Waals surface area contributed by atoms with Crippen LogP contribution in [0.3, 0.4) is 0 Å². The Morgan fingerprint density at radius 2 is 1.25 bits per heavy atom. The van der Waals surface area contributed by atoms with E-state index in [4.69, 9.17) is 0 Å². The fourth-order valence-electron chi connectivity index (χ4n) is 2.19. The highest BCUT2D eigenvalue weighted by molar-refractivity contribution is 5.78. The summed E-state index contributed by atoms with van der Waals surface area (Å²) in [6.45, 7) is 6.22. The van der Waals surface area contributed by atoms with E-state index < -0.39 is 0 Å². The van der Waals surface area contributed by atoms with Gasteiger partial charge < -0.3 is 0 Å². The number of Topliss-reactive ketones (excluding diaryl/α,β-unsaturated/α-hetero) is 1. The fraction of sp³-hybridized carbons (Fsp3) is 0.933. The molecule has 0 fully saturated rings. The molecule has 0 bridgehead atoms. The Morgan fingerprint density at radius 3 is 1.75 bits per heavy atom. The number of ketones is 1. The van der Waals surface area contributed by atoms with E-state index in [1.807, 2.05) is 0 Å². The second kappa shape index (κ2) is 11.2. The van der Waals surface area contributed by atoms with Crippen LogP contribution in [-0.4, -0.2) is 5.78 Å². The van der Waals surface area contributed by atoms with Gasteiger partial charge in [-0.15, -0.1) is 0 Å². The van der Waals surface area contributed by atoms with Crippen LogP contribution in [0, 0.1) is 5.92 Å². The molecule has 0 rings (SSSR count). The van der Waals surface area contributed by atoms with Gasteiger partial charge in [0.05, 0.1) is 0 Å². The third kappa shape index (κ3) is 8.94. The maximum Gasteiger partial charge on any atom is 0.132 e. The molecule has 0 saturated carbocycles. The van der Waals surface area contributed by atoms with Gasteiger partial charge in [-0.25, -0.2) is 0 Å². The number of unbranched alkanes of at least 4 members (excludes halogenated alkanes) is 6. The molecule has 0 aromatic carbocycles. The maximum atomic E-state index is 11.5. The van der Waals surface area contributed by atoms with Crippen LogP contribution >= 0.6 is 0 Å². The summed E-state index contributed by atoms with van der Waals surface area (Å²) in [7, 11) is 0. The number of rotatable bonds is 11. The first-order valence-electron chi connectivity index (χ1n) is 7.22. The normalized spacial score (nSPS) is 12.7. The third-order valence-electron chi connectivity index (χ3n) is 3.39. The van der Waals surface area contributed by atoms with E-state index in [1.54, 1.807) is 6.92 Å². The highest BCUT2D eigenvalue weighted by atomic mass is 16.1. The van der Waals surface area contributed by atoms with Crippen molar-refractivity contribution in [2.75, 3.05) is 0 Å². The molecular formula is C15H30O. The van der Waals surface area contributed by atoms with Crippen molar-refractivity contribution >= 4 is 5.78 Å². The molecule has 96 valence electrons. The Kier molecular flexibility index (Phi) is 10.9. The van der Waals surface area contributed by atoms with Crippen molar-refractivity contribution < 1.29 is 4.79 Å². The lowest BCUT2D eigenvalue weighted by Crippen LogP contribution is -2.10. The molecule has 1 unspecified atom stereocenters. The summed E-state index contributed by atoms with van der Waals surface area (Å²) in [4.78, 5) is 11.5. The van der Waals surface area contributed by atoms with Crippen LogP contribution in [0.2, 0.25) is 0 Å². The molecule has 16 heavy (non-hydrogen) atoms. The zero-order valence-electron chi connectivity index (χ0n) is 11.6. The molecule has 0 aliphatic carbocycles. The maximum absolute atomic E-state index is 11.5. The average Bonchev–Trinajstić information content (AvgIpc) is 2.26. The summed E-state index contributed by atoms with van der Waals surface area (Å²) in [5.41, 5.74) is 0. The minimum atomic E-state index is 0.355. The van der Waals surface area contributed by atoms with Crippen LogP contribution in [0.4, 0.5) is 0 Å². The molecule has 0 aliphatic heterocycles. The summed E-state index contributed by atoms with van der Waals surface area (Å²) in [6.07, 6.45) is 12.6. The van der Waals surface area contributed by atoms with Gasteiger partial charge in [0.2, 0.25) is 0 Å². The van der Waals surface area contributed by atoms with E-state index in [0.717, 1.165) is 12.8 Å². The Labute approximate surface area is 102 Å². The molecule has 1 atom stereocenters. The van der Waals surface area contributed by atoms with Crippen molar-refractivity contribution in [2.24, 2.45) is 5.92 Å². The number of carbonyl (C=O) groups excluding carboxylic acids is 1. The van der Waals surface area contributed by atoms with Crippen molar-refractivity contribution in [3.8, 4) is 0 Å². The molecule has 0 N–H and O–H groups in total. The number of carbonyl (C=O) groups is 1. The van der Waals surface area contributed by atoms with Gasteiger partial charge in [-0.05, 0) is 19.8 Å². The topological polar surface area (TPSA) is 17.1 Å². The van der Waals surface area contributed by atoms with Gasteiger partial charge >= 0.3 is 0 Å². The van der Waals surface area contributed by atoms with Gasteiger partial charge in [-0.1, -0.05) is 65.2 Å². The molecule has 0 saturated heterocycles. The van der Waals surface area contributed by atoms with Crippen molar-refractivity contribution in [2.45, 2.75) is 85.0 Å². The summed E-state index contributed by atoms with van der Waals surface area (Å²) in [6, 6.07) is 0. The zero-order valence-corrected chi connectivity index (χ0v) is 11.6. The van der Waals surface area contributed by atoms with E-state index in [9.17, 15) is 4.79 Å². The van der Waals surface area contributed by atoms with E-state index in [1.165, 1.54) is 51.4 Å². The van der Waals surface area contributed by atoms with Gasteiger partial charge in [0.15, 0.2) is 0 Å². The summed E-state index contributed by atoms with van der Waals surface area (Å²) >= 11 is 0. The quantitative estimate of drug-likeness (QED) is 0.446. The first kappa shape index (κ1) is 15.7. The van der Waals surface area contributed by atoms with Crippen LogP contribution in [-0.2, 0) is 4.79 Å². The van der Waals surface area contributed by atoms with E-state index in [0.29, 0.717) is 11.7 Å². The molecule has 1 heteroatoms. The number of hydrogen-bond acceptors (Lipinski definition) is 1. The van der Waals surface area contributed by atoms with Crippen molar-refractivity contribution in [1.82, 2.24) is 0 Å². The lowest BCUT2D eigenvalue weighted by atomic mass is 9.92. The molecule has 1 nitrogen and oxygen atoms in total. The van der Waals surface area contributed by atoms with Crippen molar-refractivity contribution in [3.63, 3.8) is 0 Å². The molecular weight excluding hydrogens is 196 g/mol. The minimum absolute atomic E-state index is 0.355. The lowest BCUT2D eigenvalue weighted by molar-refractivity contribution is -0.121. The van der Waals surface area contributed by atoms with E-state index >= 15 is 0 Å². The fourth-order valence-corrected chi connectivity index (χ4v) is 2.19. The molecule has 0 aromatic heterocycles. The zero-order chi connectivity index (χ0) is 12.2. The van der Waals surface area contributed by atoms with Crippen LogP contribution in [0.5, 0.6) is 0 Å². The van der Waals surface area contributed by atoms with Crippen LogP contribution < -0.4 is 0 Å². The largest absolute Gasteiger partial charge is 0.300 e. The lowest BCUT2D eigenvalue weighted by Gasteiger charge is -2.13. The molecule has 0 spiro atoms. The van der Waals surface area contributed by atoms with Gasteiger partial charge in [0.1, 0.15) is 5.78 Å². The van der Waals surface area contributed by atoms with Crippen molar-refractivity contribution in [1.29, 1.82) is 0 Å². The van der Waals surface area contributed by atoms with E-state index in [2.05, 4.69) is 13.8 Å². The molecule has 0 aromatic rings. The third-order valence-corrected chi connectivity index (χ3v) is 3.39. The summed E-state index contributed by atoms with van der Waals surface area (Å²) in [5, 5.41) is 0. The molecule has 0 aliphatic rings. The van der Waals surface area contributed by atoms with Crippen LogP contribution in [0.25, 0.3) is 0 Å². The van der Waals surface area contributed by atoms with Gasteiger partial charge in [0.25, 0.3) is 0 Å². The summed E-state index contributed by atoms with van der Waals surface area (Å²) in [5.74, 6) is 0.764. The highest BCUT2D eigenvalue weighted by Crippen LogP contribution is 2.18. The molecule has 0 amide bonds. The molecule has 0 radical (unpaired) electrons. The van der Waals surface area contributed by atoms with Crippen LogP contribution in [0.1, 0.15) is 85.0 Å². The monoisotopic (exact) mass is 226 g/mol. The van der Waals surface area contributed by atoms with Gasteiger partial charge in [0, 0.05) is 5.92 Å². The van der Waals surface area contributed by atoms with Crippen LogP contribution in [0.15, 0.2) is 0 Å². The minimum Gasteiger partial charge on any atom is -0.300 e. The van der Waals surface area contributed by atoms with Gasteiger partial charge in [-0.3, -0.25) is 4.79 Å². The predicted molar refractivity (Wildman–Crippen MR) is 71.7 cm³/mol. The standard InChI is InChI=1S/C15H30O/c1-4-6-8-9-11-13-15(14(3)16)12-10-7-5-2/h15H,4-13H2,1-3H3. The smallest absolute Gasteiger partial charge is 0.132 e. The Morgan fingerprint density at radius 1 is 0.812 bits per heavy atom. The second-order valence-electron chi connectivity index (χ2n) is 5.01. The molecule has 0 heterocycles. The second-order valence-corrected chi connectivity index (χ2v) is 5.01. The predicted octanol–water partition coefficient (Wildman–Crippen LogP) is 5.13. The Bertz CT molecular complexity index is 163. The average molecular weight is 226 g/mol. The number of hydrogen-bond donors (Lipinski definition) is 0. The first-order valence-corrected chi connectivity index (χ1v) is 7.22. The SMILES string of the molecule is CCCCCCCC(CCCCC)C(C)=O. The summed E-state index contributed by atoms with van der Waals surface area (Å²) < 4.78 is 0. The first-order chi connectivity index (χ1) is 7.72. The van der Waals surface area contributed by atoms with Gasteiger partial charge in [-0.2, -0.15) is 0 Å².